The van der Waals surface area contributed by atoms with Gasteiger partial charge in [0, 0.05) is 25.5 Å². The first kappa shape index (κ1) is 18.7. The number of nitrogens with zero attached hydrogens (tertiary/aromatic N) is 3. The summed E-state index contributed by atoms with van der Waals surface area (Å²) in [6.45, 7) is 7.10. The summed E-state index contributed by atoms with van der Waals surface area (Å²) in [6, 6.07) is 18.8. The van der Waals surface area contributed by atoms with E-state index in [0.717, 1.165) is 24.9 Å². The topological polar surface area (TPSA) is 54.2 Å². The summed E-state index contributed by atoms with van der Waals surface area (Å²) >= 11 is 0. The molecule has 0 unspecified atom stereocenters. The van der Waals surface area contributed by atoms with Crippen LogP contribution in [-0.4, -0.2) is 22.1 Å². The smallest absolute Gasteiger partial charge is 0.191 e. The lowest BCUT2D eigenvalue weighted by atomic mass is 10.1. The van der Waals surface area contributed by atoms with Gasteiger partial charge in [0.2, 0.25) is 0 Å². The average Bonchev–Trinajstić information content (AvgIpc) is 3.13. The molecule has 0 aliphatic heterocycles. The number of rotatable bonds is 7. The first-order valence-electron chi connectivity index (χ1n) is 9.37. The lowest BCUT2D eigenvalue weighted by molar-refractivity contribution is 0.688. The van der Waals surface area contributed by atoms with Gasteiger partial charge in [0.05, 0.1) is 13.1 Å². The number of aryl methyl sites for hydroxylation is 1. The Bertz CT molecular complexity index is 867. The summed E-state index contributed by atoms with van der Waals surface area (Å²) in [5.74, 6) is 1.79. The molecule has 0 bridgehead atoms. The normalized spacial score (nSPS) is 11.4. The molecule has 0 radical (unpaired) electrons. The molecule has 0 fully saturated rings. The third-order valence-corrected chi connectivity index (χ3v) is 4.42. The molecule has 2 aromatic carbocycles. The maximum atomic E-state index is 4.72. The fraction of sp³-hybridized carbons (Fsp3) is 0.273. The number of aromatic nitrogens is 2. The molecule has 5 nitrogen and oxygen atoms in total. The lowest BCUT2D eigenvalue weighted by Crippen LogP contribution is -2.37. The Hall–Kier alpha value is -3.08. The van der Waals surface area contributed by atoms with E-state index in [0.29, 0.717) is 13.1 Å². The highest BCUT2D eigenvalue weighted by Gasteiger charge is 2.05. The van der Waals surface area contributed by atoms with E-state index >= 15 is 0 Å². The second-order valence-electron chi connectivity index (χ2n) is 6.43. The molecule has 0 aliphatic rings. The van der Waals surface area contributed by atoms with Crippen LogP contribution >= 0.6 is 0 Å². The number of hydrogen-bond donors (Lipinski definition) is 2. The third-order valence-electron chi connectivity index (χ3n) is 4.42. The number of imidazole rings is 1. The van der Waals surface area contributed by atoms with E-state index < -0.39 is 0 Å². The van der Waals surface area contributed by atoms with Gasteiger partial charge in [0.25, 0.3) is 0 Å². The van der Waals surface area contributed by atoms with E-state index in [1.165, 1.54) is 16.7 Å². The minimum absolute atomic E-state index is 0.624. The van der Waals surface area contributed by atoms with E-state index in [-0.39, 0.29) is 0 Å². The number of hydrogen-bond acceptors (Lipinski definition) is 2. The Morgan fingerprint density at radius 2 is 1.81 bits per heavy atom. The molecule has 0 atom stereocenters. The molecule has 140 valence electrons. The molecule has 0 amide bonds. The second-order valence-corrected chi connectivity index (χ2v) is 6.43. The lowest BCUT2D eigenvalue weighted by Gasteiger charge is -2.13. The molecule has 5 heteroatoms. The second kappa shape index (κ2) is 9.57. The maximum Gasteiger partial charge on any atom is 0.191 e. The van der Waals surface area contributed by atoms with Crippen molar-refractivity contribution >= 4 is 5.96 Å². The number of benzene rings is 2. The van der Waals surface area contributed by atoms with Crippen LogP contribution in [0.2, 0.25) is 0 Å². The summed E-state index contributed by atoms with van der Waals surface area (Å²) < 4.78 is 2.16. The van der Waals surface area contributed by atoms with Crippen molar-refractivity contribution in [3.63, 3.8) is 0 Å². The minimum Gasteiger partial charge on any atom is -0.357 e. The SMILES string of the molecule is CCNC(=NCc1ccccc1C)NCc1nccn1Cc1ccccc1. The van der Waals surface area contributed by atoms with Gasteiger partial charge in [0.1, 0.15) is 5.82 Å². The van der Waals surface area contributed by atoms with Gasteiger partial charge < -0.3 is 15.2 Å². The first-order valence-corrected chi connectivity index (χ1v) is 9.37. The molecular weight excluding hydrogens is 334 g/mol. The fourth-order valence-electron chi connectivity index (χ4n) is 2.89. The van der Waals surface area contributed by atoms with Crippen molar-refractivity contribution in [2.75, 3.05) is 6.54 Å². The van der Waals surface area contributed by atoms with Crippen LogP contribution in [0.5, 0.6) is 0 Å². The summed E-state index contributed by atoms with van der Waals surface area (Å²) in [6.07, 6.45) is 3.86. The molecule has 0 spiro atoms. The Morgan fingerprint density at radius 3 is 2.59 bits per heavy atom. The molecule has 27 heavy (non-hydrogen) atoms. The molecular formula is C22H27N5. The number of nitrogens with one attached hydrogen (secondary N) is 2. The van der Waals surface area contributed by atoms with Crippen molar-refractivity contribution in [2.45, 2.75) is 33.5 Å². The zero-order chi connectivity index (χ0) is 18.9. The highest BCUT2D eigenvalue weighted by atomic mass is 15.2. The maximum absolute atomic E-state index is 4.72. The highest BCUT2D eigenvalue weighted by molar-refractivity contribution is 5.79. The monoisotopic (exact) mass is 361 g/mol. The van der Waals surface area contributed by atoms with E-state index in [1.54, 1.807) is 0 Å². The molecule has 3 rings (SSSR count). The minimum atomic E-state index is 0.624. The van der Waals surface area contributed by atoms with Crippen LogP contribution in [0.3, 0.4) is 0 Å². The average molecular weight is 361 g/mol. The summed E-state index contributed by atoms with van der Waals surface area (Å²) in [7, 11) is 0. The largest absolute Gasteiger partial charge is 0.357 e. The van der Waals surface area contributed by atoms with Crippen molar-refractivity contribution in [3.05, 3.63) is 89.5 Å². The van der Waals surface area contributed by atoms with Gasteiger partial charge in [-0.25, -0.2) is 9.98 Å². The number of aliphatic imine (C=N–C) groups is 1. The van der Waals surface area contributed by atoms with Crippen LogP contribution in [-0.2, 0) is 19.6 Å². The fourth-order valence-corrected chi connectivity index (χ4v) is 2.89. The summed E-state index contributed by atoms with van der Waals surface area (Å²) in [5.41, 5.74) is 3.76. The van der Waals surface area contributed by atoms with Crippen LogP contribution in [0.4, 0.5) is 0 Å². The molecule has 3 aromatic rings. The van der Waals surface area contributed by atoms with Crippen LogP contribution < -0.4 is 10.6 Å². The Labute approximate surface area is 161 Å². The molecule has 0 aliphatic carbocycles. The van der Waals surface area contributed by atoms with Crippen molar-refractivity contribution < 1.29 is 0 Å². The van der Waals surface area contributed by atoms with Crippen LogP contribution in [0, 0.1) is 6.92 Å². The van der Waals surface area contributed by atoms with Crippen molar-refractivity contribution in [1.82, 2.24) is 20.2 Å². The molecule has 1 heterocycles. The Balaban J connectivity index is 1.64. The van der Waals surface area contributed by atoms with Gasteiger partial charge in [-0.15, -0.1) is 0 Å². The Morgan fingerprint density at radius 1 is 1.04 bits per heavy atom. The standard InChI is InChI=1S/C22H27N5/c1-3-23-22(25-15-20-12-8-7-9-18(20)2)26-16-21-24-13-14-27(21)17-19-10-5-4-6-11-19/h4-14H,3,15-17H2,1-2H3,(H2,23,25,26). The summed E-state index contributed by atoms with van der Waals surface area (Å²) in [4.78, 5) is 9.21. The third kappa shape index (κ3) is 5.45. The van der Waals surface area contributed by atoms with Crippen molar-refractivity contribution in [2.24, 2.45) is 4.99 Å². The van der Waals surface area contributed by atoms with Crippen LogP contribution in [0.25, 0.3) is 0 Å². The summed E-state index contributed by atoms with van der Waals surface area (Å²) in [5, 5.41) is 6.70. The van der Waals surface area contributed by atoms with Crippen molar-refractivity contribution in [1.29, 1.82) is 0 Å². The predicted molar refractivity (Wildman–Crippen MR) is 111 cm³/mol. The van der Waals surface area contributed by atoms with E-state index in [2.05, 4.69) is 82.6 Å². The van der Waals surface area contributed by atoms with Gasteiger partial charge >= 0.3 is 0 Å². The van der Waals surface area contributed by atoms with Crippen molar-refractivity contribution in [3.8, 4) is 0 Å². The zero-order valence-corrected chi connectivity index (χ0v) is 16.0. The van der Waals surface area contributed by atoms with Crippen LogP contribution in [0.15, 0.2) is 72.0 Å². The highest BCUT2D eigenvalue weighted by Crippen LogP contribution is 2.08. The molecule has 2 N–H and O–H groups in total. The molecule has 0 saturated heterocycles. The van der Waals surface area contributed by atoms with E-state index in [1.807, 2.05) is 18.5 Å². The quantitative estimate of drug-likeness (QED) is 0.500. The molecule has 1 aromatic heterocycles. The van der Waals surface area contributed by atoms with Gasteiger partial charge in [-0.05, 0) is 30.5 Å². The van der Waals surface area contributed by atoms with Gasteiger partial charge in [-0.2, -0.15) is 0 Å². The number of guanidine groups is 1. The van der Waals surface area contributed by atoms with Crippen LogP contribution in [0.1, 0.15) is 29.4 Å². The molecule has 0 saturated carbocycles. The van der Waals surface area contributed by atoms with E-state index in [4.69, 9.17) is 4.99 Å². The first-order chi connectivity index (χ1) is 13.3. The Kier molecular flexibility index (Phi) is 6.63. The zero-order valence-electron chi connectivity index (χ0n) is 16.0. The van der Waals surface area contributed by atoms with Gasteiger partial charge in [0.15, 0.2) is 5.96 Å². The van der Waals surface area contributed by atoms with Gasteiger partial charge in [-0.3, -0.25) is 0 Å². The van der Waals surface area contributed by atoms with E-state index in [9.17, 15) is 0 Å². The van der Waals surface area contributed by atoms with Gasteiger partial charge in [-0.1, -0.05) is 54.6 Å². The predicted octanol–water partition coefficient (Wildman–Crippen LogP) is 3.50.